The van der Waals surface area contributed by atoms with E-state index in [1.807, 2.05) is 38.1 Å². The Labute approximate surface area is 160 Å². The standard InChI is InChI=1S/C18H23FN4.HI/c1-4-20-18(22-12-16-7-5-6-14(3)23-16)21-11-15-9-8-13(2)17(19)10-15;/h5-10H,4,11-12H2,1-3H3,(H2,20,21,22);1H. The second kappa shape index (κ2) is 10.2. The molecule has 0 saturated heterocycles. The smallest absolute Gasteiger partial charge is 0.191 e. The third kappa shape index (κ3) is 6.43. The number of rotatable bonds is 5. The Morgan fingerprint density at radius 3 is 2.62 bits per heavy atom. The van der Waals surface area contributed by atoms with Gasteiger partial charge in [0.2, 0.25) is 0 Å². The van der Waals surface area contributed by atoms with Crippen LogP contribution in [0.1, 0.15) is 29.4 Å². The predicted molar refractivity (Wildman–Crippen MR) is 107 cm³/mol. The summed E-state index contributed by atoms with van der Waals surface area (Å²) in [5, 5.41) is 6.42. The zero-order chi connectivity index (χ0) is 16.7. The number of hydrogen-bond acceptors (Lipinski definition) is 2. The van der Waals surface area contributed by atoms with Crippen LogP contribution in [0.15, 0.2) is 41.4 Å². The lowest BCUT2D eigenvalue weighted by molar-refractivity contribution is 0.616. The second-order valence-electron chi connectivity index (χ2n) is 5.40. The fourth-order valence-electron chi connectivity index (χ4n) is 2.12. The SMILES string of the molecule is CCNC(=NCc1ccc(C)c(F)c1)NCc1cccc(C)n1.I. The molecule has 0 aliphatic heterocycles. The number of hydrogen-bond donors (Lipinski definition) is 2. The average Bonchev–Trinajstić information content (AvgIpc) is 2.53. The van der Waals surface area contributed by atoms with E-state index in [9.17, 15) is 4.39 Å². The highest BCUT2D eigenvalue weighted by Gasteiger charge is 2.02. The van der Waals surface area contributed by atoms with E-state index in [1.165, 1.54) is 6.07 Å². The highest BCUT2D eigenvalue weighted by Crippen LogP contribution is 2.10. The van der Waals surface area contributed by atoms with Gasteiger partial charge in [0.1, 0.15) is 5.82 Å². The van der Waals surface area contributed by atoms with Gasteiger partial charge in [0.15, 0.2) is 5.96 Å². The largest absolute Gasteiger partial charge is 0.357 e. The first kappa shape index (κ1) is 20.3. The Morgan fingerprint density at radius 2 is 1.96 bits per heavy atom. The highest BCUT2D eigenvalue weighted by atomic mass is 127. The summed E-state index contributed by atoms with van der Waals surface area (Å²) in [4.78, 5) is 8.94. The maximum Gasteiger partial charge on any atom is 0.191 e. The Kier molecular flexibility index (Phi) is 8.67. The molecular formula is C18H24FIN4. The zero-order valence-electron chi connectivity index (χ0n) is 14.3. The minimum Gasteiger partial charge on any atom is -0.357 e. The van der Waals surface area contributed by atoms with Gasteiger partial charge in [-0.2, -0.15) is 0 Å². The molecule has 0 spiro atoms. The number of nitrogens with zero attached hydrogens (tertiary/aromatic N) is 2. The summed E-state index contributed by atoms with van der Waals surface area (Å²) in [5.41, 5.74) is 3.44. The normalized spacial score (nSPS) is 10.9. The van der Waals surface area contributed by atoms with Gasteiger partial charge in [0, 0.05) is 12.2 Å². The van der Waals surface area contributed by atoms with Crippen LogP contribution in [0.4, 0.5) is 4.39 Å². The van der Waals surface area contributed by atoms with E-state index in [-0.39, 0.29) is 29.8 Å². The van der Waals surface area contributed by atoms with Crippen LogP contribution >= 0.6 is 24.0 Å². The average molecular weight is 442 g/mol. The van der Waals surface area contributed by atoms with Crippen LogP contribution in [0.25, 0.3) is 0 Å². The van der Waals surface area contributed by atoms with Gasteiger partial charge >= 0.3 is 0 Å². The number of guanidine groups is 1. The minimum atomic E-state index is -0.195. The van der Waals surface area contributed by atoms with Crippen LogP contribution in [0.2, 0.25) is 0 Å². The van der Waals surface area contributed by atoms with Crippen molar-refractivity contribution in [2.75, 3.05) is 6.54 Å². The van der Waals surface area contributed by atoms with Crippen molar-refractivity contribution in [1.29, 1.82) is 0 Å². The number of nitrogens with one attached hydrogen (secondary N) is 2. The molecule has 1 aromatic heterocycles. The Hall–Kier alpha value is -1.70. The lowest BCUT2D eigenvalue weighted by Gasteiger charge is -2.11. The van der Waals surface area contributed by atoms with Crippen molar-refractivity contribution in [2.45, 2.75) is 33.9 Å². The molecule has 0 unspecified atom stereocenters. The quantitative estimate of drug-likeness (QED) is 0.422. The van der Waals surface area contributed by atoms with E-state index >= 15 is 0 Å². The topological polar surface area (TPSA) is 49.3 Å². The van der Waals surface area contributed by atoms with E-state index in [1.54, 1.807) is 13.0 Å². The van der Waals surface area contributed by atoms with Gasteiger partial charge in [0.25, 0.3) is 0 Å². The summed E-state index contributed by atoms with van der Waals surface area (Å²) in [7, 11) is 0. The van der Waals surface area contributed by atoms with Crippen molar-refractivity contribution in [1.82, 2.24) is 15.6 Å². The third-order valence-corrected chi connectivity index (χ3v) is 3.38. The van der Waals surface area contributed by atoms with Gasteiger partial charge in [-0.1, -0.05) is 18.2 Å². The number of aromatic nitrogens is 1. The molecule has 1 heterocycles. The second-order valence-corrected chi connectivity index (χ2v) is 5.40. The van der Waals surface area contributed by atoms with Crippen LogP contribution in [0.3, 0.4) is 0 Å². The molecule has 2 aromatic rings. The van der Waals surface area contributed by atoms with E-state index in [0.717, 1.165) is 23.5 Å². The summed E-state index contributed by atoms with van der Waals surface area (Å²) in [5.74, 6) is 0.497. The lowest BCUT2D eigenvalue weighted by Crippen LogP contribution is -2.37. The zero-order valence-corrected chi connectivity index (χ0v) is 16.6. The molecule has 1 aromatic carbocycles. The first-order valence-electron chi connectivity index (χ1n) is 7.78. The predicted octanol–water partition coefficient (Wildman–Crippen LogP) is 3.71. The van der Waals surface area contributed by atoms with Gasteiger partial charge in [0.05, 0.1) is 18.8 Å². The van der Waals surface area contributed by atoms with Crippen molar-refractivity contribution in [3.63, 3.8) is 0 Å². The molecule has 0 bridgehead atoms. The van der Waals surface area contributed by atoms with Crippen LogP contribution in [-0.2, 0) is 13.1 Å². The van der Waals surface area contributed by atoms with Gasteiger partial charge in [-0.15, -0.1) is 24.0 Å². The van der Waals surface area contributed by atoms with E-state index in [4.69, 9.17) is 0 Å². The Morgan fingerprint density at radius 1 is 1.17 bits per heavy atom. The van der Waals surface area contributed by atoms with Crippen molar-refractivity contribution in [3.05, 3.63) is 64.7 Å². The minimum absolute atomic E-state index is 0. The summed E-state index contributed by atoms with van der Waals surface area (Å²) in [6, 6.07) is 11.1. The van der Waals surface area contributed by atoms with Crippen molar-refractivity contribution < 1.29 is 4.39 Å². The first-order valence-corrected chi connectivity index (χ1v) is 7.78. The van der Waals surface area contributed by atoms with Gasteiger partial charge in [-0.05, 0) is 50.1 Å². The molecular weight excluding hydrogens is 418 g/mol. The van der Waals surface area contributed by atoms with Crippen LogP contribution in [0.5, 0.6) is 0 Å². The molecule has 0 aliphatic rings. The number of pyridine rings is 1. The van der Waals surface area contributed by atoms with Crippen molar-refractivity contribution in [2.24, 2.45) is 4.99 Å². The van der Waals surface area contributed by atoms with Gasteiger partial charge < -0.3 is 10.6 Å². The number of aryl methyl sites for hydroxylation is 2. The summed E-state index contributed by atoms with van der Waals surface area (Å²) < 4.78 is 13.6. The number of benzene rings is 1. The van der Waals surface area contributed by atoms with Crippen LogP contribution < -0.4 is 10.6 Å². The monoisotopic (exact) mass is 442 g/mol. The maximum atomic E-state index is 13.6. The van der Waals surface area contributed by atoms with Crippen LogP contribution in [-0.4, -0.2) is 17.5 Å². The third-order valence-electron chi connectivity index (χ3n) is 3.38. The molecule has 24 heavy (non-hydrogen) atoms. The van der Waals surface area contributed by atoms with E-state index in [2.05, 4.69) is 20.6 Å². The molecule has 0 radical (unpaired) electrons. The molecule has 2 N–H and O–H groups in total. The lowest BCUT2D eigenvalue weighted by atomic mass is 10.1. The highest BCUT2D eigenvalue weighted by molar-refractivity contribution is 14.0. The van der Waals surface area contributed by atoms with E-state index in [0.29, 0.717) is 24.6 Å². The fourth-order valence-corrected chi connectivity index (χ4v) is 2.12. The molecule has 0 fully saturated rings. The van der Waals surface area contributed by atoms with Gasteiger partial charge in [-0.25, -0.2) is 9.38 Å². The van der Waals surface area contributed by atoms with Crippen molar-refractivity contribution >= 4 is 29.9 Å². The molecule has 6 heteroatoms. The first-order chi connectivity index (χ1) is 11.1. The van der Waals surface area contributed by atoms with Crippen molar-refractivity contribution in [3.8, 4) is 0 Å². The summed E-state index contributed by atoms with van der Waals surface area (Å²) in [6.45, 7) is 7.50. The fraction of sp³-hybridized carbons (Fsp3) is 0.333. The molecule has 4 nitrogen and oxygen atoms in total. The Bertz CT molecular complexity index is 688. The number of halogens is 2. The summed E-state index contributed by atoms with van der Waals surface area (Å²) in [6.07, 6.45) is 0. The van der Waals surface area contributed by atoms with E-state index < -0.39 is 0 Å². The van der Waals surface area contributed by atoms with Gasteiger partial charge in [-0.3, -0.25) is 4.98 Å². The Balaban J connectivity index is 0.00000288. The molecule has 0 saturated carbocycles. The maximum absolute atomic E-state index is 13.6. The molecule has 2 rings (SSSR count). The number of aliphatic imine (C=N–C) groups is 1. The molecule has 130 valence electrons. The summed E-state index contributed by atoms with van der Waals surface area (Å²) >= 11 is 0. The van der Waals surface area contributed by atoms with Crippen LogP contribution in [0, 0.1) is 19.7 Å². The molecule has 0 aliphatic carbocycles. The molecule has 0 amide bonds. The molecule has 0 atom stereocenters.